The van der Waals surface area contributed by atoms with Gasteiger partial charge in [-0.3, -0.25) is 0 Å². The highest BCUT2D eigenvalue weighted by atomic mass is 16.7. The molecule has 0 saturated heterocycles. The van der Waals surface area contributed by atoms with Crippen LogP contribution in [-0.2, 0) is 9.47 Å². The van der Waals surface area contributed by atoms with Gasteiger partial charge in [0, 0.05) is 13.2 Å². The first-order valence-electron chi connectivity index (χ1n) is 6.90. The van der Waals surface area contributed by atoms with Crippen LogP contribution in [0.1, 0.15) is 25.7 Å². The largest absolute Gasteiger partial charge is 0.457 e. The van der Waals surface area contributed by atoms with Crippen molar-refractivity contribution in [1.29, 1.82) is 0 Å². The number of hydrogen-bond donors (Lipinski definition) is 0. The SMILES string of the molecule is CCOC(OCC)c1ccccc1Oc1ccccc1. The molecule has 2 aromatic carbocycles. The van der Waals surface area contributed by atoms with E-state index in [1.807, 2.05) is 68.4 Å². The maximum Gasteiger partial charge on any atom is 0.187 e. The number of benzene rings is 2. The average molecular weight is 272 g/mol. The van der Waals surface area contributed by atoms with Crippen molar-refractivity contribution in [3.8, 4) is 11.5 Å². The summed E-state index contributed by atoms with van der Waals surface area (Å²) in [7, 11) is 0. The summed E-state index contributed by atoms with van der Waals surface area (Å²) in [5, 5.41) is 0. The van der Waals surface area contributed by atoms with E-state index in [1.165, 1.54) is 0 Å². The van der Waals surface area contributed by atoms with E-state index in [1.54, 1.807) is 0 Å². The molecule has 0 saturated carbocycles. The Kier molecular flexibility index (Phi) is 5.59. The van der Waals surface area contributed by atoms with E-state index < -0.39 is 6.29 Å². The first-order chi connectivity index (χ1) is 9.85. The number of hydrogen-bond acceptors (Lipinski definition) is 3. The maximum absolute atomic E-state index is 5.92. The zero-order valence-corrected chi connectivity index (χ0v) is 11.9. The molecular formula is C17H20O3. The van der Waals surface area contributed by atoms with Crippen LogP contribution in [0.25, 0.3) is 0 Å². The fourth-order valence-electron chi connectivity index (χ4n) is 1.91. The van der Waals surface area contributed by atoms with Crippen LogP contribution in [0.3, 0.4) is 0 Å². The highest BCUT2D eigenvalue weighted by molar-refractivity contribution is 5.38. The summed E-state index contributed by atoms with van der Waals surface area (Å²) >= 11 is 0. The molecule has 0 radical (unpaired) electrons. The molecule has 2 rings (SSSR count). The van der Waals surface area contributed by atoms with Gasteiger partial charge in [-0.15, -0.1) is 0 Å². The van der Waals surface area contributed by atoms with Crippen molar-refractivity contribution in [2.24, 2.45) is 0 Å². The summed E-state index contributed by atoms with van der Waals surface area (Å²) in [5.74, 6) is 1.55. The number of ether oxygens (including phenoxy) is 3. The Labute approximate surface area is 120 Å². The molecule has 2 aromatic rings. The Morgan fingerprint density at radius 1 is 0.800 bits per heavy atom. The Balaban J connectivity index is 2.24. The molecule has 0 amide bonds. The van der Waals surface area contributed by atoms with Crippen molar-refractivity contribution in [3.05, 3.63) is 60.2 Å². The summed E-state index contributed by atoms with van der Waals surface area (Å²) in [6, 6.07) is 17.5. The monoisotopic (exact) mass is 272 g/mol. The molecule has 0 aromatic heterocycles. The summed E-state index contributed by atoms with van der Waals surface area (Å²) in [6.45, 7) is 5.08. The summed E-state index contributed by atoms with van der Waals surface area (Å²) in [6.07, 6.45) is -0.398. The van der Waals surface area contributed by atoms with Crippen LogP contribution in [0.4, 0.5) is 0 Å². The van der Waals surface area contributed by atoms with Gasteiger partial charge in [0.05, 0.1) is 5.56 Å². The van der Waals surface area contributed by atoms with E-state index in [0.717, 1.165) is 17.1 Å². The second-order valence-electron chi connectivity index (χ2n) is 4.20. The molecule has 0 aliphatic carbocycles. The van der Waals surface area contributed by atoms with Crippen LogP contribution in [0.15, 0.2) is 54.6 Å². The van der Waals surface area contributed by atoms with Crippen LogP contribution in [0.2, 0.25) is 0 Å². The zero-order chi connectivity index (χ0) is 14.2. The molecule has 0 fully saturated rings. The van der Waals surface area contributed by atoms with Crippen LogP contribution in [-0.4, -0.2) is 13.2 Å². The Bertz CT molecular complexity index is 505. The molecule has 0 heterocycles. The molecule has 0 bridgehead atoms. The highest BCUT2D eigenvalue weighted by Crippen LogP contribution is 2.31. The van der Waals surface area contributed by atoms with Gasteiger partial charge in [0.15, 0.2) is 6.29 Å². The fourth-order valence-corrected chi connectivity index (χ4v) is 1.91. The Morgan fingerprint density at radius 3 is 2.05 bits per heavy atom. The van der Waals surface area contributed by atoms with Crippen molar-refractivity contribution >= 4 is 0 Å². The second-order valence-corrected chi connectivity index (χ2v) is 4.20. The van der Waals surface area contributed by atoms with Crippen LogP contribution >= 0.6 is 0 Å². The molecule has 0 unspecified atom stereocenters. The standard InChI is InChI=1S/C17H20O3/c1-3-18-17(19-4-2)15-12-8-9-13-16(15)20-14-10-6-5-7-11-14/h5-13,17H,3-4H2,1-2H3. The van der Waals surface area contributed by atoms with E-state index in [-0.39, 0.29) is 0 Å². The molecule has 3 nitrogen and oxygen atoms in total. The molecule has 20 heavy (non-hydrogen) atoms. The van der Waals surface area contributed by atoms with E-state index in [0.29, 0.717) is 13.2 Å². The van der Waals surface area contributed by atoms with Gasteiger partial charge >= 0.3 is 0 Å². The molecule has 0 aliphatic heterocycles. The van der Waals surface area contributed by atoms with E-state index >= 15 is 0 Å². The minimum atomic E-state index is -0.398. The lowest BCUT2D eigenvalue weighted by molar-refractivity contribution is -0.140. The minimum absolute atomic E-state index is 0.398. The zero-order valence-electron chi connectivity index (χ0n) is 11.9. The summed E-state index contributed by atoms with van der Waals surface area (Å²) in [5.41, 5.74) is 0.903. The van der Waals surface area contributed by atoms with Gasteiger partial charge < -0.3 is 14.2 Å². The van der Waals surface area contributed by atoms with Crippen LogP contribution in [0, 0.1) is 0 Å². The fraction of sp³-hybridized carbons (Fsp3) is 0.294. The highest BCUT2D eigenvalue weighted by Gasteiger charge is 2.16. The van der Waals surface area contributed by atoms with E-state index in [2.05, 4.69) is 0 Å². The summed E-state index contributed by atoms with van der Waals surface area (Å²) in [4.78, 5) is 0. The molecule has 106 valence electrons. The van der Waals surface area contributed by atoms with Gasteiger partial charge in [-0.1, -0.05) is 36.4 Å². The van der Waals surface area contributed by atoms with Gasteiger partial charge in [-0.2, -0.15) is 0 Å². The lowest BCUT2D eigenvalue weighted by atomic mass is 10.2. The van der Waals surface area contributed by atoms with Crippen molar-refractivity contribution < 1.29 is 14.2 Å². The van der Waals surface area contributed by atoms with Gasteiger partial charge in [0.2, 0.25) is 0 Å². The predicted octanol–water partition coefficient (Wildman–Crippen LogP) is 4.55. The third-order valence-corrected chi connectivity index (χ3v) is 2.78. The minimum Gasteiger partial charge on any atom is -0.457 e. The van der Waals surface area contributed by atoms with Gasteiger partial charge in [-0.05, 0) is 32.0 Å². The molecule has 3 heteroatoms. The predicted molar refractivity (Wildman–Crippen MR) is 79.0 cm³/mol. The third-order valence-electron chi connectivity index (χ3n) is 2.78. The smallest absolute Gasteiger partial charge is 0.187 e. The third kappa shape index (κ3) is 3.83. The van der Waals surface area contributed by atoms with Crippen molar-refractivity contribution in [3.63, 3.8) is 0 Å². The van der Waals surface area contributed by atoms with Crippen molar-refractivity contribution in [1.82, 2.24) is 0 Å². The van der Waals surface area contributed by atoms with Crippen LogP contribution < -0.4 is 4.74 Å². The molecule has 0 spiro atoms. The molecule has 0 aliphatic rings. The van der Waals surface area contributed by atoms with Gasteiger partial charge in [0.1, 0.15) is 11.5 Å². The van der Waals surface area contributed by atoms with Crippen LogP contribution in [0.5, 0.6) is 11.5 Å². The van der Waals surface area contributed by atoms with Gasteiger partial charge in [-0.25, -0.2) is 0 Å². The lowest BCUT2D eigenvalue weighted by Crippen LogP contribution is -2.10. The topological polar surface area (TPSA) is 27.7 Å². The Morgan fingerprint density at radius 2 is 1.40 bits per heavy atom. The maximum atomic E-state index is 5.92. The average Bonchev–Trinajstić information content (AvgIpc) is 2.49. The first kappa shape index (κ1) is 14.6. The quantitative estimate of drug-likeness (QED) is 0.692. The van der Waals surface area contributed by atoms with E-state index in [4.69, 9.17) is 14.2 Å². The number of rotatable bonds is 7. The first-order valence-corrected chi connectivity index (χ1v) is 6.90. The lowest BCUT2D eigenvalue weighted by Gasteiger charge is -2.20. The van der Waals surface area contributed by atoms with E-state index in [9.17, 15) is 0 Å². The summed E-state index contributed by atoms with van der Waals surface area (Å²) < 4.78 is 17.2. The normalized spacial score (nSPS) is 10.8. The molecule has 0 N–H and O–H groups in total. The second kappa shape index (κ2) is 7.68. The van der Waals surface area contributed by atoms with Crippen molar-refractivity contribution in [2.75, 3.05) is 13.2 Å². The van der Waals surface area contributed by atoms with Crippen molar-refractivity contribution in [2.45, 2.75) is 20.1 Å². The number of para-hydroxylation sites is 2. The Hall–Kier alpha value is -1.84. The van der Waals surface area contributed by atoms with Gasteiger partial charge in [0.25, 0.3) is 0 Å². The molecule has 0 atom stereocenters. The molecular weight excluding hydrogens is 252 g/mol.